The number of anilines is 1. The summed E-state index contributed by atoms with van der Waals surface area (Å²) in [6.45, 7) is 3.58. The van der Waals surface area contributed by atoms with Crippen LogP contribution in [-0.4, -0.2) is 14.5 Å². The molecule has 0 radical (unpaired) electrons. The van der Waals surface area contributed by atoms with Gasteiger partial charge in [0.2, 0.25) is 0 Å². The fraction of sp³-hybridized carbons (Fsp3) is 0.308. The lowest BCUT2D eigenvalue weighted by Gasteiger charge is -2.10. The van der Waals surface area contributed by atoms with Crippen molar-refractivity contribution in [3.8, 4) is 0 Å². The van der Waals surface area contributed by atoms with Gasteiger partial charge in [-0.25, -0.2) is 4.98 Å². The summed E-state index contributed by atoms with van der Waals surface area (Å²) in [5.41, 5.74) is 1.81. The molecule has 0 aliphatic heterocycles. The van der Waals surface area contributed by atoms with Crippen LogP contribution < -0.4 is 5.32 Å². The summed E-state index contributed by atoms with van der Waals surface area (Å²) in [5, 5.41) is 14.0. The second kappa shape index (κ2) is 6.51. The van der Waals surface area contributed by atoms with E-state index >= 15 is 0 Å². The van der Waals surface area contributed by atoms with E-state index in [2.05, 4.69) is 37.7 Å². The van der Waals surface area contributed by atoms with Gasteiger partial charge in [-0.1, -0.05) is 6.92 Å². The Morgan fingerprint density at radius 2 is 2.30 bits per heavy atom. The van der Waals surface area contributed by atoms with Crippen LogP contribution in [0.4, 0.5) is 11.4 Å². The third-order valence-electron chi connectivity index (χ3n) is 2.88. The molecule has 106 valence electrons. The normalized spacial score (nSPS) is 10.5. The molecule has 20 heavy (non-hydrogen) atoms. The molecule has 1 aromatic heterocycles. The number of aromatic nitrogens is 2. The largest absolute Gasteiger partial charge is 0.378 e. The first-order chi connectivity index (χ1) is 9.61. The lowest BCUT2D eigenvalue weighted by atomic mass is 10.2. The predicted molar refractivity (Wildman–Crippen MR) is 80.6 cm³/mol. The molecule has 0 saturated carbocycles. The zero-order chi connectivity index (χ0) is 14.5. The molecular weight excluding hydrogens is 324 g/mol. The van der Waals surface area contributed by atoms with Gasteiger partial charge in [0, 0.05) is 29.3 Å². The average molecular weight is 339 g/mol. The Bertz CT molecular complexity index is 612. The first kappa shape index (κ1) is 14.5. The maximum atomic E-state index is 10.8. The highest BCUT2D eigenvalue weighted by Crippen LogP contribution is 2.27. The first-order valence-electron chi connectivity index (χ1n) is 6.28. The third kappa shape index (κ3) is 3.36. The van der Waals surface area contributed by atoms with Gasteiger partial charge < -0.3 is 9.88 Å². The number of aryl methyl sites for hydroxylation is 1. The van der Waals surface area contributed by atoms with Crippen molar-refractivity contribution in [2.45, 2.75) is 26.4 Å². The lowest BCUT2D eigenvalue weighted by Crippen LogP contribution is -2.07. The number of nitrogens with zero attached hydrogens (tertiary/aromatic N) is 3. The summed E-state index contributed by atoms with van der Waals surface area (Å²) in [5.74, 6) is 0. The van der Waals surface area contributed by atoms with Gasteiger partial charge in [0.15, 0.2) is 0 Å². The van der Waals surface area contributed by atoms with Crippen LogP contribution in [0.5, 0.6) is 0 Å². The number of hydrogen-bond acceptors (Lipinski definition) is 4. The first-order valence-corrected chi connectivity index (χ1v) is 7.08. The van der Waals surface area contributed by atoms with E-state index in [1.807, 2.05) is 0 Å². The Balaban J connectivity index is 2.12. The molecule has 2 aromatic rings. The summed E-state index contributed by atoms with van der Waals surface area (Å²) in [6, 6.07) is 4.66. The van der Waals surface area contributed by atoms with E-state index in [0.29, 0.717) is 12.2 Å². The van der Waals surface area contributed by atoms with Crippen LogP contribution in [0.15, 0.2) is 35.2 Å². The minimum atomic E-state index is -0.404. The minimum absolute atomic E-state index is 0.0674. The highest BCUT2D eigenvalue weighted by atomic mass is 79.9. The highest BCUT2D eigenvalue weighted by Gasteiger charge is 2.10. The van der Waals surface area contributed by atoms with Gasteiger partial charge in [0.05, 0.1) is 29.2 Å². The Hall–Kier alpha value is -1.89. The van der Waals surface area contributed by atoms with Gasteiger partial charge in [-0.05, 0) is 28.4 Å². The Kier molecular flexibility index (Phi) is 4.73. The fourth-order valence-corrected chi connectivity index (χ4v) is 2.27. The highest BCUT2D eigenvalue weighted by molar-refractivity contribution is 9.10. The molecule has 1 N–H and O–H groups in total. The van der Waals surface area contributed by atoms with Crippen LogP contribution in [0, 0.1) is 10.1 Å². The van der Waals surface area contributed by atoms with Crippen LogP contribution in [0.3, 0.4) is 0 Å². The van der Waals surface area contributed by atoms with Crippen LogP contribution in [0.25, 0.3) is 0 Å². The summed E-state index contributed by atoms with van der Waals surface area (Å²) in [6.07, 6.45) is 4.63. The van der Waals surface area contributed by atoms with E-state index in [1.165, 1.54) is 12.1 Å². The summed E-state index contributed by atoms with van der Waals surface area (Å²) < 4.78 is 2.86. The van der Waals surface area contributed by atoms with Crippen molar-refractivity contribution in [1.29, 1.82) is 0 Å². The van der Waals surface area contributed by atoms with E-state index in [0.717, 1.165) is 23.1 Å². The average Bonchev–Trinajstić information content (AvgIpc) is 2.85. The summed E-state index contributed by atoms with van der Waals surface area (Å²) >= 11 is 3.39. The monoisotopic (exact) mass is 338 g/mol. The van der Waals surface area contributed by atoms with Gasteiger partial charge >= 0.3 is 0 Å². The number of nitrogens with one attached hydrogen (secondary N) is 1. The molecule has 0 unspecified atom stereocenters. The van der Waals surface area contributed by atoms with E-state index < -0.39 is 4.92 Å². The van der Waals surface area contributed by atoms with Crippen molar-refractivity contribution < 1.29 is 4.92 Å². The van der Waals surface area contributed by atoms with Crippen LogP contribution in [-0.2, 0) is 13.1 Å². The molecule has 0 aliphatic carbocycles. The number of nitro groups is 1. The van der Waals surface area contributed by atoms with E-state index in [-0.39, 0.29) is 5.69 Å². The van der Waals surface area contributed by atoms with E-state index in [9.17, 15) is 10.1 Å². The van der Waals surface area contributed by atoms with E-state index in [4.69, 9.17) is 0 Å². The maximum Gasteiger partial charge on any atom is 0.271 e. The Labute approximate surface area is 125 Å². The fourth-order valence-electron chi connectivity index (χ4n) is 1.89. The summed E-state index contributed by atoms with van der Waals surface area (Å²) in [4.78, 5) is 14.5. The Morgan fingerprint density at radius 3 is 3.00 bits per heavy atom. The van der Waals surface area contributed by atoms with Crippen molar-refractivity contribution in [3.63, 3.8) is 0 Å². The topological polar surface area (TPSA) is 73.0 Å². The molecule has 0 aliphatic rings. The number of non-ortho nitro benzene ring substituents is 1. The van der Waals surface area contributed by atoms with Gasteiger partial charge in [-0.3, -0.25) is 10.1 Å². The molecule has 1 aromatic carbocycles. The van der Waals surface area contributed by atoms with Crippen molar-refractivity contribution >= 4 is 27.3 Å². The smallest absolute Gasteiger partial charge is 0.271 e. The molecule has 6 nitrogen and oxygen atoms in total. The molecule has 7 heteroatoms. The quantitative estimate of drug-likeness (QED) is 0.645. The van der Waals surface area contributed by atoms with Crippen molar-refractivity contribution in [2.24, 2.45) is 0 Å². The minimum Gasteiger partial charge on any atom is -0.378 e. The van der Waals surface area contributed by atoms with Crippen LogP contribution >= 0.6 is 15.9 Å². The van der Waals surface area contributed by atoms with Gasteiger partial charge in [-0.15, -0.1) is 0 Å². The number of hydrogen-bond donors (Lipinski definition) is 1. The Morgan fingerprint density at radius 1 is 1.50 bits per heavy atom. The lowest BCUT2D eigenvalue weighted by molar-refractivity contribution is -0.384. The predicted octanol–water partition coefficient (Wildman–Crippen LogP) is 3.58. The zero-order valence-corrected chi connectivity index (χ0v) is 12.6. The number of nitro benzene ring substituents is 1. The SMILES string of the molecule is CCCn1cncc1CNc1cc([N+](=O)[O-])ccc1Br. The molecule has 0 saturated heterocycles. The molecule has 0 atom stereocenters. The molecule has 0 spiro atoms. The van der Waals surface area contributed by atoms with Crippen LogP contribution in [0.2, 0.25) is 0 Å². The van der Waals surface area contributed by atoms with Crippen molar-refractivity contribution in [2.75, 3.05) is 5.32 Å². The van der Waals surface area contributed by atoms with Crippen molar-refractivity contribution in [3.05, 3.63) is 51.0 Å². The third-order valence-corrected chi connectivity index (χ3v) is 3.58. The number of rotatable bonds is 6. The molecule has 0 amide bonds. The number of benzene rings is 1. The summed E-state index contributed by atoms with van der Waals surface area (Å²) in [7, 11) is 0. The second-order valence-corrected chi connectivity index (χ2v) is 5.21. The number of imidazole rings is 1. The molecule has 1 heterocycles. The molecule has 2 rings (SSSR count). The maximum absolute atomic E-state index is 10.8. The molecule has 0 bridgehead atoms. The van der Waals surface area contributed by atoms with Crippen LogP contribution in [0.1, 0.15) is 19.0 Å². The van der Waals surface area contributed by atoms with Crippen molar-refractivity contribution in [1.82, 2.24) is 9.55 Å². The zero-order valence-electron chi connectivity index (χ0n) is 11.0. The standard InChI is InChI=1S/C13H15BrN4O2/c1-2-5-17-9-15-7-11(17)8-16-13-6-10(18(19)20)3-4-12(13)14/h3-4,6-7,9,16H,2,5,8H2,1H3. The second-order valence-electron chi connectivity index (χ2n) is 4.35. The van der Waals surface area contributed by atoms with Gasteiger partial charge in [0.25, 0.3) is 5.69 Å². The van der Waals surface area contributed by atoms with E-state index in [1.54, 1.807) is 18.6 Å². The van der Waals surface area contributed by atoms with Gasteiger partial charge in [0.1, 0.15) is 0 Å². The van der Waals surface area contributed by atoms with Gasteiger partial charge in [-0.2, -0.15) is 0 Å². The molecular formula is C13H15BrN4O2. The number of halogens is 1. The molecule has 0 fully saturated rings.